The minimum Gasteiger partial charge on any atom is -0.478 e. The van der Waals surface area contributed by atoms with Crippen molar-refractivity contribution in [2.75, 3.05) is 33.7 Å². The van der Waals surface area contributed by atoms with Crippen molar-refractivity contribution in [2.45, 2.75) is 119 Å². The van der Waals surface area contributed by atoms with Crippen molar-refractivity contribution in [1.29, 1.82) is 0 Å². The number of hydrogen-bond donors (Lipinski definition) is 2. The Bertz CT molecular complexity index is 1720. The second-order valence-electron chi connectivity index (χ2n) is 20.3. The van der Waals surface area contributed by atoms with Crippen LogP contribution < -0.4 is 0 Å². The van der Waals surface area contributed by atoms with Crippen molar-refractivity contribution in [3.8, 4) is 0 Å². The first kappa shape index (κ1) is 38.5. The first-order valence-corrected chi connectivity index (χ1v) is 20.7. The number of aliphatic hydroxyl groups is 1. The smallest absolute Gasteiger partial charge is 0.335 e. The molecule has 8 atom stereocenters. The first-order valence-electron chi connectivity index (χ1n) is 20.7. The van der Waals surface area contributed by atoms with Crippen molar-refractivity contribution in [2.24, 2.45) is 56.7 Å². The highest BCUT2D eigenvalue weighted by atomic mass is 16.4. The summed E-state index contributed by atoms with van der Waals surface area (Å²) in [6.07, 6.45) is 11.6. The van der Waals surface area contributed by atoms with Crippen LogP contribution in [0.25, 0.3) is 5.57 Å². The van der Waals surface area contributed by atoms with Crippen LogP contribution in [0.1, 0.15) is 129 Å². The molecule has 0 spiro atoms. The number of Topliss-reactive ketones (excluding diaryl/α,β-unsaturated/α-hetero) is 1. The molecule has 1 aromatic rings. The van der Waals surface area contributed by atoms with Crippen LogP contribution >= 0.6 is 0 Å². The summed E-state index contributed by atoms with van der Waals surface area (Å²) in [6, 6.07) is 7.47. The standard InChI is InChI=1S/C46H66N2O5/c1-28(2)39-34(49)24-46(37(50)26-48(25-29-10-11-29)38(51)27-47(8)9)23-22-44(6)33(40(39)46)16-17-36-43(5)20-18-32(30-12-14-31(15-13-30)41(52)53)42(3,4)35(43)19-21-45(36,44)7/h12-15,18,28-29,33,35-37,50H,10-11,16-17,19-27H2,1-9H3,(H,52,53)/t33-,35+,36-,37?,43+,44-,45-,46?/m1/s1. The second kappa shape index (κ2) is 13.2. The first-order chi connectivity index (χ1) is 24.8. The van der Waals surface area contributed by atoms with Crippen molar-refractivity contribution < 1.29 is 24.6 Å². The average Bonchev–Trinajstić information content (AvgIpc) is 3.83. The molecule has 0 aromatic heterocycles. The van der Waals surface area contributed by atoms with E-state index in [-0.39, 0.29) is 45.2 Å². The molecule has 53 heavy (non-hydrogen) atoms. The summed E-state index contributed by atoms with van der Waals surface area (Å²) in [6.45, 7) is 18.2. The van der Waals surface area contributed by atoms with E-state index in [2.05, 4.69) is 54.5 Å². The van der Waals surface area contributed by atoms with E-state index in [0.717, 1.165) is 68.9 Å². The number of likely N-dealkylation sites (N-methyl/N-ethyl adjacent to an activating group) is 1. The van der Waals surface area contributed by atoms with Gasteiger partial charge in [0.25, 0.3) is 0 Å². The molecule has 7 nitrogen and oxygen atoms in total. The van der Waals surface area contributed by atoms with Crippen LogP contribution in [0.2, 0.25) is 0 Å². The third-order valence-electron chi connectivity index (χ3n) is 16.5. The van der Waals surface area contributed by atoms with E-state index in [9.17, 15) is 24.6 Å². The Hall–Kier alpha value is -2.77. The van der Waals surface area contributed by atoms with Gasteiger partial charge in [0.05, 0.1) is 18.2 Å². The number of carboxylic acids is 1. The van der Waals surface area contributed by atoms with Crippen LogP contribution in [0.5, 0.6) is 0 Å². The highest BCUT2D eigenvalue weighted by Crippen LogP contribution is 2.77. The summed E-state index contributed by atoms with van der Waals surface area (Å²) in [5.74, 6) is 1.27. The van der Waals surface area contributed by atoms with Gasteiger partial charge in [-0.05, 0) is 152 Å². The van der Waals surface area contributed by atoms with E-state index in [0.29, 0.717) is 49.4 Å². The summed E-state index contributed by atoms with van der Waals surface area (Å²) in [7, 11) is 3.84. The molecule has 0 heterocycles. The zero-order chi connectivity index (χ0) is 38.5. The van der Waals surface area contributed by atoms with Crippen LogP contribution in [0.3, 0.4) is 0 Å². The molecular weight excluding hydrogens is 661 g/mol. The average molecular weight is 727 g/mol. The Kier molecular flexibility index (Phi) is 9.57. The normalized spacial score (nSPS) is 36.7. The Morgan fingerprint density at radius 2 is 1.57 bits per heavy atom. The van der Waals surface area contributed by atoms with Crippen LogP contribution in [-0.4, -0.2) is 77.5 Å². The monoisotopic (exact) mass is 726 g/mol. The zero-order valence-corrected chi connectivity index (χ0v) is 34.1. The Labute approximate surface area is 318 Å². The van der Waals surface area contributed by atoms with Crippen LogP contribution in [0.15, 0.2) is 41.5 Å². The quantitative estimate of drug-likeness (QED) is 0.251. The predicted octanol–water partition coefficient (Wildman–Crippen LogP) is 8.52. The maximum absolute atomic E-state index is 14.2. The van der Waals surface area contributed by atoms with E-state index in [1.165, 1.54) is 11.1 Å². The Morgan fingerprint density at radius 1 is 0.887 bits per heavy atom. The highest BCUT2D eigenvalue weighted by Gasteiger charge is 2.70. The van der Waals surface area contributed by atoms with Crippen molar-refractivity contribution in [3.63, 3.8) is 0 Å². The number of fused-ring (bicyclic) bond motifs is 7. The summed E-state index contributed by atoms with van der Waals surface area (Å²) >= 11 is 0. The van der Waals surface area contributed by atoms with Gasteiger partial charge in [0.1, 0.15) is 0 Å². The lowest BCUT2D eigenvalue weighted by Crippen LogP contribution is -2.64. The summed E-state index contributed by atoms with van der Waals surface area (Å²) < 4.78 is 0. The molecule has 4 saturated carbocycles. The van der Waals surface area contributed by atoms with Gasteiger partial charge >= 0.3 is 5.97 Å². The molecule has 7 heteroatoms. The number of aliphatic hydroxyl groups excluding tert-OH is 1. The van der Waals surface area contributed by atoms with E-state index < -0.39 is 17.5 Å². The van der Waals surface area contributed by atoms with Crippen LogP contribution in [0, 0.1) is 56.7 Å². The summed E-state index contributed by atoms with van der Waals surface area (Å²) in [4.78, 5) is 43.2. The zero-order valence-electron chi connectivity index (χ0n) is 34.1. The molecular formula is C46H66N2O5. The summed E-state index contributed by atoms with van der Waals surface area (Å²) in [5.41, 5.74) is 4.55. The van der Waals surface area contributed by atoms with Gasteiger partial charge in [-0.25, -0.2) is 4.79 Å². The fourth-order valence-electron chi connectivity index (χ4n) is 13.6. The molecule has 6 aliphatic rings. The molecule has 0 radical (unpaired) electrons. The number of amides is 1. The number of ketones is 1. The van der Waals surface area contributed by atoms with Crippen LogP contribution in [0.4, 0.5) is 0 Å². The number of benzene rings is 1. The van der Waals surface area contributed by atoms with Crippen molar-refractivity contribution >= 4 is 23.2 Å². The number of allylic oxidation sites excluding steroid dienone is 3. The topological polar surface area (TPSA) is 98.2 Å². The minimum absolute atomic E-state index is 0.0115. The largest absolute Gasteiger partial charge is 0.478 e. The molecule has 7 rings (SSSR count). The van der Waals surface area contributed by atoms with Gasteiger partial charge in [0.15, 0.2) is 5.78 Å². The lowest BCUT2D eigenvalue weighted by atomic mass is 9.33. The van der Waals surface area contributed by atoms with Crippen molar-refractivity contribution in [3.05, 3.63) is 52.6 Å². The molecule has 6 aliphatic carbocycles. The van der Waals surface area contributed by atoms with Gasteiger partial charge in [-0.1, -0.05) is 72.2 Å². The van der Waals surface area contributed by atoms with Crippen molar-refractivity contribution in [1.82, 2.24) is 9.80 Å². The van der Waals surface area contributed by atoms with E-state index in [1.54, 1.807) is 12.1 Å². The third kappa shape index (κ3) is 5.92. The molecule has 1 amide bonds. The SMILES string of the molecule is CC(C)C1=C2[C@H]3CC[C@@H]4[C@@]5(C)CC=C(c6ccc(C(=O)O)cc6)C(C)(C)[C@@H]5CC[C@@]4(C)[C@]3(C)CCC2(C(O)CN(CC2CC2)C(=O)CN(C)C)CC1=O. The van der Waals surface area contributed by atoms with E-state index in [1.807, 2.05) is 36.0 Å². The molecule has 2 unspecified atom stereocenters. The lowest BCUT2D eigenvalue weighted by molar-refractivity contribution is -0.200. The maximum Gasteiger partial charge on any atom is 0.335 e. The lowest BCUT2D eigenvalue weighted by Gasteiger charge is -2.71. The maximum atomic E-state index is 14.2. The minimum atomic E-state index is -0.893. The van der Waals surface area contributed by atoms with E-state index in [4.69, 9.17) is 0 Å². The van der Waals surface area contributed by atoms with Gasteiger partial charge in [-0.2, -0.15) is 0 Å². The summed E-state index contributed by atoms with van der Waals surface area (Å²) in [5, 5.41) is 22.0. The number of rotatable bonds is 10. The third-order valence-corrected chi connectivity index (χ3v) is 16.5. The number of carbonyl (C=O) groups is 3. The number of aromatic carboxylic acids is 1. The fraction of sp³-hybridized carbons (Fsp3) is 0.717. The Balaban J connectivity index is 1.22. The van der Waals surface area contributed by atoms with Crippen LogP contribution in [-0.2, 0) is 9.59 Å². The molecule has 0 bridgehead atoms. The number of carboxylic acid groups (broad SMARTS) is 1. The van der Waals surface area contributed by atoms with E-state index >= 15 is 0 Å². The molecule has 290 valence electrons. The molecule has 2 N–H and O–H groups in total. The van der Waals surface area contributed by atoms with Gasteiger partial charge in [-0.15, -0.1) is 0 Å². The number of carbonyl (C=O) groups excluding carboxylic acids is 2. The molecule has 0 aliphatic heterocycles. The fourth-order valence-corrected chi connectivity index (χ4v) is 13.6. The predicted molar refractivity (Wildman–Crippen MR) is 210 cm³/mol. The molecule has 1 aromatic carbocycles. The van der Waals surface area contributed by atoms with Gasteiger partial charge in [0, 0.05) is 24.9 Å². The highest BCUT2D eigenvalue weighted by molar-refractivity contribution is 6.01. The second-order valence-corrected chi connectivity index (χ2v) is 20.3. The van der Waals surface area contributed by atoms with Gasteiger partial charge in [-0.3, -0.25) is 9.59 Å². The van der Waals surface area contributed by atoms with Gasteiger partial charge in [0.2, 0.25) is 5.91 Å². The molecule has 4 fully saturated rings. The Morgan fingerprint density at radius 3 is 2.17 bits per heavy atom. The molecule has 0 saturated heterocycles. The number of nitrogens with zero attached hydrogens (tertiary/aromatic N) is 2. The number of hydrogen-bond acceptors (Lipinski definition) is 5. The van der Waals surface area contributed by atoms with Gasteiger partial charge < -0.3 is 20.0 Å².